The monoisotopic (exact) mass is 213 g/mol. The zero-order valence-corrected chi connectivity index (χ0v) is 9.43. The zero-order valence-electron chi connectivity index (χ0n) is 9.43. The van der Waals surface area contributed by atoms with Crippen molar-refractivity contribution in [2.75, 3.05) is 0 Å². The Bertz CT molecular complexity index is 460. The van der Waals surface area contributed by atoms with Crippen LogP contribution in [0.2, 0.25) is 0 Å². The van der Waals surface area contributed by atoms with Gasteiger partial charge in [-0.2, -0.15) is 0 Å². The van der Waals surface area contributed by atoms with Crippen molar-refractivity contribution in [3.63, 3.8) is 0 Å². The number of fused-ring (bicyclic) bond motifs is 1. The van der Waals surface area contributed by atoms with Gasteiger partial charge >= 0.3 is 0 Å². The van der Waals surface area contributed by atoms with Gasteiger partial charge in [0.05, 0.1) is 6.04 Å². The Hall–Kier alpha value is -1.73. The fraction of sp³-hybridized carbons (Fsp3) is 0.385. The van der Waals surface area contributed by atoms with Crippen LogP contribution in [0.25, 0.3) is 10.4 Å². The quantitative estimate of drug-likeness (QED) is 0.311. The van der Waals surface area contributed by atoms with Crippen LogP contribution in [0, 0.1) is 0 Å². The van der Waals surface area contributed by atoms with Crippen molar-refractivity contribution in [2.45, 2.75) is 31.2 Å². The van der Waals surface area contributed by atoms with Gasteiger partial charge in [-0.15, -0.1) is 6.58 Å². The highest BCUT2D eigenvalue weighted by molar-refractivity contribution is 5.41. The normalized spacial score (nSPS) is 27.7. The number of hydrogen-bond donors (Lipinski definition) is 0. The number of nitrogens with zero attached hydrogens (tertiary/aromatic N) is 3. The molecule has 2 atom stereocenters. The summed E-state index contributed by atoms with van der Waals surface area (Å²) in [6.07, 6.45) is 3.78. The second-order valence-corrected chi connectivity index (χ2v) is 4.40. The summed E-state index contributed by atoms with van der Waals surface area (Å²) in [5.41, 5.74) is 11.0. The predicted molar refractivity (Wildman–Crippen MR) is 65.2 cm³/mol. The summed E-state index contributed by atoms with van der Waals surface area (Å²) in [7, 11) is 0. The molecule has 0 amide bonds. The van der Waals surface area contributed by atoms with Crippen LogP contribution >= 0.6 is 0 Å². The topological polar surface area (TPSA) is 48.8 Å². The zero-order chi connectivity index (χ0) is 11.6. The molecule has 3 nitrogen and oxygen atoms in total. The molecule has 0 unspecified atom stereocenters. The summed E-state index contributed by atoms with van der Waals surface area (Å²) >= 11 is 0. The van der Waals surface area contributed by atoms with Gasteiger partial charge in [0.2, 0.25) is 0 Å². The van der Waals surface area contributed by atoms with Crippen molar-refractivity contribution >= 4 is 0 Å². The first-order chi connectivity index (χ1) is 7.72. The van der Waals surface area contributed by atoms with E-state index in [0.29, 0.717) is 0 Å². The fourth-order valence-corrected chi connectivity index (χ4v) is 2.52. The molecule has 82 valence electrons. The van der Waals surface area contributed by atoms with E-state index in [0.717, 1.165) is 12.8 Å². The predicted octanol–water partition coefficient (Wildman–Crippen LogP) is 3.76. The first-order valence-electron chi connectivity index (χ1n) is 5.48. The Kier molecular flexibility index (Phi) is 2.71. The summed E-state index contributed by atoms with van der Waals surface area (Å²) < 4.78 is 0. The Labute approximate surface area is 95.4 Å². The van der Waals surface area contributed by atoms with E-state index < -0.39 is 0 Å². The molecular formula is C13H15N3. The largest absolute Gasteiger partial charge is 0.102 e. The molecule has 0 N–H and O–H groups in total. The smallest absolute Gasteiger partial charge is 0.0506 e. The van der Waals surface area contributed by atoms with E-state index in [9.17, 15) is 0 Å². The van der Waals surface area contributed by atoms with E-state index in [2.05, 4.69) is 41.7 Å². The molecule has 1 aliphatic rings. The van der Waals surface area contributed by atoms with Crippen molar-refractivity contribution in [3.05, 3.63) is 58.5 Å². The van der Waals surface area contributed by atoms with Gasteiger partial charge in [-0.05, 0) is 29.5 Å². The van der Waals surface area contributed by atoms with Crippen LogP contribution in [0.3, 0.4) is 0 Å². The van der Waals surface area contributed by atoms with E-state index in [1.165, 1.54) is 11.1 Å². The molecule has 0 aromatic heterocycles. The van der Waals surface area contributed by atoms with Gasteiger partial charge in [-0.3, -0.25) is 0 Å². The molecule has 0 saturated carbocycles. The minimum atomic E-state index is -0.235. The highest BCUT2D eigenvalue weighted by Crippen LogP contribution is 2.39. The van der Waals surface area contributed by atoms with Crippen LogP contribution in [0.15, 0.2) is 42.0 Å². The van der Waals surface area contributed by atoms with Gasteiger partial charge in [-0.25, -0.2) is 0 Å². The molecule has 2 rings (SSSR count). The van der Waals surface area contributed by atoms with Crippen LogP contribution in [0.1, 0.15) is 24.5 Å². The highest BCUT2D eigenvalue weighted by Gasteiger charge is 2.37. The van der Waals surface area contributed by atoms with Gasteiger partial charge in [-0.1, -0.05) is 42.4 Å². The van der Waals surface area contributed by atoms with E-state index >= 15 is 0 Å². The fourth-order valence-electron chi connectivity index (χ4n) is 2.52. The van der Waals surface area contributed by atoms with Crippen molar-refractivity contribution in [1.29, 1.82) is 0 Å². The molecule has 0 radical (unpaired) electrons. The lowest BCUT2D eigenvalue weighted by atomic mass is 9.68. The van der Waals surface area contributed by atoms with E-state index in [-0.39, 0.29) is 11.5 Å². The lowest BCUT2D eigenvalue weighted by molar-refractivity contribution is 0.405. The van der Waals surface area contributed by atoms with Crippen molar-refractivity contribution in [3.8, 4) is 0 Å². The number of rotatable bonds is 2. The third-order valence-corrected chi connectivity index (χ3v) is 3.59. The molecule has 1 aromatic carbocycles. The second kappa shape index (κ2) is 4.03. The van der Waals surface area contributed by atoms with Gasteiger partial charge in [0.15, 0.2) is 0 Å². The van der Waals surface area contributed by atoms with Gasteiger partial charge in [0, 0.05) is 10.3 Å². The van der Waals surface area contributed by atoms with Crippen LogP contribution in [0.5, 0.6) is 0 Å². The highest BCUT2D eigenvalue weighted by atomic mass is 15.2. The number of azide groups is 1. The maximum atomic E-state index is 8.62. The summed E-state index contributed by atoms with van der Waals surface area (Å²) in [6.45, 7) is 6.00. The molecule has 1 aromatic rings. The summed E-state index contributed by atoms with van der Waals surface area (Å²) in [5.74, 6) is 0. The average Bonchev–Trinajstić information content (AvgIpc) is 2.33. The molecule has 0 bridgehead atoms. The number of benzene rings is 1. The lowest BCUT2D eigenvalue weighted by Gasteiger charge is -2.38. The molecule has 0 spiro atoms. The van der Waals surface area contributed by atoms with Crippen LogP contribution in [-0.2, 0) is 11.8 Å². The van der Waals surface area contributed by atoms with Gasteiger partial charge in [0.25, 0.3) is 0 Å². The van der Waals surface area contributed by atoms with Crippen LogP contribution in [0.4, 0.5) is 0 Å². The number of aryl methyl sites for hydroxylation is 1. The van der Waals surface area contributed by atoms with Crippen molar-refractivity contribution in [2.24, 2.45) is 5.11 Å². The molecule has 0 aliphatic heterocycles. The summed E-state index contributed by atoms with van der Waals surface area (Å²) in [4.78, 5) is 2.95. The van der Waals surface area contributed by atoms with Crippen LogP contribution in [-0.4, -0.2) is 6.04 Å². The second-order valence-electron chi connectivity index (χ2n) is 4.40. The van der Waals surface area contributed by atoms with Gasteiger partial charge < -0.3 is 0 Å². The maximum absolute atomic E-state index is 8.62. The maximum Gasteiger partial charge on any atom is 0.0506 e. The lowest BCUT2D eigenvalue weighted by Crippen LogP contribution is -2.37. The molecular weight excluding hydrogens is 198 g/mol. The van der Waals surface area contributed by atoms with Crippen LogP contribution < -0.4 is 0 Å². The van der Waals surface area contributed by atoms with Gasteiger partial charge in [0.1, 0.15) is 0 Å². The Morgan fingerprint density at radius 2 is 2.31 bits per heavy atom. The SMILES string of the molecule is C=C[C@@]1(C)c2ccccc2CC[C@H]1N=[N+]=[N-]. The number of hydrogen-bond acceptors (Lipinski definition) is 1. The Morgan fingerprint density at radius 1 is 1.56 bits per heavy atom. The third-order valence-electron chi connectivity index (χ3n) is 3.59. The molecule has 3 heteroatoms. The van der Waals surface area contributed by atoms with E-state index in [4.69, 9.17) is 5.53 Å². The molecule has 0 fully saturated rings. The summed E-state index contributed by atoms with van der Waals surface area (Å²) in [5, 5.41) is 3.92. The molecule has 0 saturated heterocycles. The molecule has 16 heavy (non-hydrogen) atoms. The summed E-state index contributed by atoms with van der Waals surface area (Å²) in [6, 6.07) is 8.30. The third kappa shape index (κ3) is 1.50. The average molecular weight is 213 g/mol. The molecule has 0 heterocycles. The van der Waals surface area contributed by atoms with Crippen molar-refractivity contribution in [1.82, 2.24) is 0 Å². The van der Waals surface area contributed by atoms with E-state index in [1.807, 2.05) is 12.1 Å². The minimum absolute atomic E-state index is 0.0232. The van der Waals surface area contributed by atoms with E-state index in [1.54, 1.807) is 0 Å². The standard InChI is InChI=1S/C13H15N3/c1-3-13(2)11-7-5-4-6-10(11)8-9-12(13)15-16-14/h3-7,12H,1,8-9H2,2H3/t12-,13+/m1/s1. The molecule has 1 aliphatic carbocycles. The first kappa shape index (κ1) is 10.8. The minimum Gasteiger partial charge on any atom is -0.102 e. The first-order valence-corrected chi connectivity index (χ1v) is 5.48. The Morgan fingerprint density at radius 3 is 3.00 bits per heavy atom. The Balaban J connectivity index is 2.56. The van der Waals surface area contributed by atoms with Crippen molar-refractivity contribution < 1.29 is 0 Å².